The van der Waals surface area contributed by atoms with Gasteiger partial charge < -0.3 is 4.90 Å². The summed E-state index contributed by atoms with van der Waals surface area (Å²) in [5.74, 6) is -0.100. The Morgan fingerprint density at radius 2 is 1.92 bits per heavy atom. The standard InChI is InChI=1S/C20H22N2O3S/c1-2-5-14-8-10-15(11-9-14)16-6-3-4-7-17(16)19(24)22-12-13-26-20(22)18(23)21-25/h3-4,6-11,20,25H,2,5,12-13H2,1H3,(H,21,23)/t20-/m1/s1. The number of thioether (sulfide) groups is 1. The molecule has 1 heterocycles. The summed E-state index contributed by atoms with van der Waals surface area (Å²) in [5.41, 5.74) is 5.32. The van der Waals surface area contributed by atoms with Crippen LogP contribution in [0.15, 0.2) is 48.5 Å². The van der Waals surface area contributed by atoms with Crippen LogP contribution in [0, 0.1) is 0 Å². The van der Waals surface area contributed by atoms with Crippen molar-refractivity contribution in [3.05, 3.63) is 59.7 Å². The third-order valence-electron chi connectivity index (χ3n) is 4.45. The molecule has 1 saturated heterocycles. The van der Waals surface area contributed by atoms with Crippen molar-refractivity contribution in [2.75, 3.05) is 12.3 Å². The SMILES string of the molecule is CCCc1ccc(-c2ccccc2C(=O)N2CCS[C@@H]2C(=O)NO)cc1. The van der Waals surface area contributed by atoms with Gasteiger partial charge in [-0.2, -0.15) is 0 Å². The van der Waals surface area contributed by atoms with E-state index in [0.29, 0.717) is 17.9 Å². The minimum absolute atomic E-state index is 0.197. The van der Waals surface area contributed by atoms with Crippen LogP contribution in [0.5, 0.6) is 0 Å². The molecule has 0 spiro atoms. The van der Waals surface area contributed by atoms with Crippen LogP contribution in [0.2, 0.25) is 0 Å². The Hall–Kier alpha value is -2.31. The summed E-state index contributed by atoms with van der Waals surface area (Å²) in [4.78, 5) is 26.4. The Labute approximate surface area is 157 Å². The molecule has 5 nitrogen and oxygen atoms in total. The summed E-state index contributed by atoms with van der Waals surface area (Å²) in [6, 6.07) is 15.7. The first kappa shape index (κ1) is 18.5. The normalized spacial score (nSPS) is 16.5. The summed E-state index contributed by atoms with van der Waals surface area (Å²) < 4.78 is 0. The molecule has 0 aliphatic carbocycles. The number of benzene rings is 2. The second-order valence-corrected chi connectivity index (χ2v) is 7.38. The summed E-state index contributed by atoms with van der Waals surface area (Å²) >= 11 is 1.35. The van der Waals surface area contributed by atoms with Gasteiger partial charge in [-0.1, -0.05) is 55.8 Å². The number of nitrogens with one attached hydrogen (secondary N) is 1. The molecule has 2 aromatic rings. The lowest BCUT2D eigenvalue weighted by atomic mass is 9.97. The molecular formula is C20H22N2O3S. The zero-order chi connectivity index (χ0) is 18.5. The van der Waals surface area contributed by atoms with Crippen LogP contribution < -0.4 is 5.48 Å². The van der Waals surface area contributed by atoms with Gasteiger partial charge in [-0.25, -0.2) is 5.48 Å². The predicted octanol–water partition coefficient (Wildman–Crippen LogP) is 3.33. The van der Waals surface area contributed by atoms with Gasteiger partial charge in [-0.3, -0.25) is 14.8 Å². The highest BCUT2D eigenvalue weighted by Crippen LogP contribution is 2.30. The fourth-order valence-electron chi connectivity index (χ4n) is 3.17. The van der Waals surface area contributed by atoms with E-state index in [1.807, 2.05) is 30.3 Å². The number of aryl methyl sites for hydroxylation is 1. The molecule has 6 heteroatoms. The first-order valence-corrected chi connectivity index (χ1v) is 9.75. The Morgan fingerprint density at radius 3 is 2.62 bits per heavy atom. The lowest BCUT2D eigenvalue weighted by Crippen LogP contribution is -2.44. The summed E-state index contributed by atoms with van der Waals surface area (Å²) in [6.45, 7) is 2.63. The van der Waals surface area contributed by atoms with E-state index in [-0.39, 0.29) is 5.91 Å². The fraction of sp³-hybridized carbons (Fsp3) is 0.300. The zero-order valence-corrected chi connectivity index (χ0v) is 15.5. The molecule has 2 amide bonds. The molecule has 1 aliphatic rings. The van der Waals surface area contributed by atoms with E-state index in [4.69, 9.17) is 5.21 Å². The third-order valence-corrected chi connectivity index (χ3v) is 5.65. The minimum atomic E-state index is -0.701. The lowest BCUT2D eigenvalue weighted by molar-refractivity contribution is -0.130. The maximum atomic E-state index is 13.1. The molecule has 0 saturated carbocycles. The van der Waals surface area contributed by atoms with Gasteiger partial charge >= 0.3 is 0 Å². The second-order valence-electron chi connectivity index (χ2n) is 6.19. The van der Waals surface area contributed by atoms with E-state index in [0.717, 1.165) is 24.0 Å². The Bertz CT molecular complexity index is 792. The van der Waals surface area contributed by atoms with E-state index >= 15 is 0 Å². The van der Waals surface area contributed by atoms with E-state index in [1.165, 1.54) is 22.2 Å². The number of carbonyl (C=O) groups excluding carboxylic acids is 2. The average Bonchev–Trinajstić information content (AvgIpc) is 3.17. The van der Waals surface area contributed by atoms with E-state index < -0.39 is 11.3 Å². The van der Waals surface area contributed by atoms with Gasteiger partial charge in [-0.15, -0.1) is 11.8 Å². The zero-order valence-electron chi connectivity index (χ0n) is 14.6. The van der Waals surface area contributed by atoms with Crippen LogP contribution >= 0.6 is 11.8 Å². The quantitative estimate of drug-likeness (QED) is 0.626. The lowest BCUT2D eigenvalue weighted by Gasteiger charge is -2.23. The van der Waals surface area contributed by atoms with Crippen molar-refractivity contribution in [3.63, 3.8) is 0 Å². The molecular weight excluding hydrogens is 348 g/mol. The summed E-state index contributed by atoms with van der Waals surface area (Å²) in [6.07, 6.45) is 2.12. The van der Waals surface area contributed by atoms with Crippen LogP contribution in [0.4, 0.5) is 0 Å². The molecule has 0 unspecified atom stereocenters. The van der Waals surface area contributed by atoms with Gasteiger partial charge in [0.05, 0.1) is 0 Å². The van der Waals surface area contributed by atoms with Crippen molar-refractivity contribution in [2.45, 2.75) is 25.1 Å². The summed E-state index contributed by atoms with van der Waals surface area (Å²) in [5, 5.41) is 8.22. The van der Waals surface area contributed by atoms with Crippen molar-refractivity contribution in [1.82, 2.24) is 10.4 Å². The molecule has 0 aromatic heterocycles. The fourth-order valence-corrected chi connectivity index (χ4v) is 4.28. The average molecular weight is 370 g/mol. The number of carbonyl (C=O) groups is 2. The largest absolute Gasteiger partial charge is 0.317 e. The molecule has 2 aromatic carbocycles. The minimum Gasteiger partial charge on any atom is -0.317 e. The van der Waals surface area contributed by atoms with Crippen molar-refractivity contribution >= 4 is 23.6 Å². The van der Waals surface area contributed by atoms with Crippen molar-refractivity contribution in [2.24, 2.45) is 0 Å². The van der Waals surface area contributed by atoms with Crippen LogP contribution in [0.3, 0.4) is 0 Å². The maximum Gasteiger partial charge on any atom is 0.276 e. The first-order valence-electron chi connectivity index (χ1n) is 8.70. The number of hydroxylamine groups is 1. The van der Waals surface area contributed by atoms with Gasteiger partial charge in [0, 0.05) is 17.9 Å². The van der Waals surface area contributed by atoms with Crippen molar-refractivity contribution in [1.29, 1.82) is 0 Å². The molecule has 0 bridgehead atoms. The number of hydrogen-bond acceptors (Lipinski definition) is 4. The second kappa shape index (κ2) is 8.38. The number of hydrogen-bond donors (Lipinski definition) is 2. The van der Waals surface area contributed by atoms with Gasteiger partial charge in [0.2, 0.25) is 0 Å². The van der Waals surface area contributed by atoms with E-state index in [1.54, 1.807) is 11.5 Å². The molecule has 1 atom stereocenters. The van der Waals surface area contributed by atoms with E-state index in [2.05, 4.69) is 19.1 Å². The Kier molecular flexibility index (Phi) is 5.96. The maximum absolute atomic E-state index is 13.1. The van der Waals surface area contributed by atoms with Gasteiger partial charge in [0.25, 0.3) is 11.8 Å². The van der Waals surface area contributed by atoms with Crippen molar-refractivity contribution < 1.29 is 14.8 Å². The van der Waals surface area contributed by atoms with Gasteiger partial charge in [0.15, 0.2) is 5.37 Å². The first-order chi connectivity index (χ1) is 12.7. The van der Waals surface area contributed by atoms with Crippen LogP contribution in [-0.2, 0) is 11.2 Å². The Balaban J connectivity index is 1.91. The third kappa shape index (κ3) is 3.76. The van der Waals surface area contributed by atoms with Gasteiger partial charge in [-0.05, 0) is 29.2 Å². The Morgan fingerprint density at radius 1 is 1.19 bits per heavy atom. The number of amides is 2. The highest BCUT2D eigenvalue weighted by atomic mass is 32.2. The topological polar surface area (TPSA) is 69.6 Å². The number of nitrogens with zero attached hydrogens (tertiary/aromatic N) is 1. The molecule has 3 rings (SSSR count). The highest BCUT2D eigenvalue weighted by Gasteiger charge is 2.35. The monoisotopic (exact) mass is 370 g/mol. The smallest absolute Gasteiger partial charge is 0.276 e. The molecule has 1 fully saturated rings. The molecule has 2 N–H and O–H groups in total. The molecule has 0 radical (unpaired) electrons. The van der Waals surface area contributed by atoms with Crippen LogP contribution in [0.1, 0.15) is 29.3 Å². The van der Waals surface area contributed by atoms with Crippen LogP contribution in [0.25, 0.3) is 11.1 Å². The van der Waals surface area contributed by atoms with Crippen LogP contribution in [-0.4, -0.2) is 39.6 Å². The summed E-state index contributed by atoms with van der Waals surface area (Å²) in [7, 11) is 0. The van der Waals surface area contributed by atoms with Gasteiger partial charge in [0.1, 0.15) is 0 Å². The highest BCUT2D eigenvalue weighted by molar-refractivity contribution is 8.00. The van der Waals surface area contributed by atoms with E-state index in [9.17, 15) is 9.59 Å². The number of rotatable bonds is 5. The van der Waals surface area contributed by atoms with Crippen molar-refractivity contribution in [3.8, 4) is 11.1 Å². The molecule has 26 heavy (non-hydrogen) atoms. The predicted molar refractivity (Wildman–Crippen MR) is 103 cm³/mol. The molecule has 1 aliphatic heterocycles. The molecule has 136 valence electrons.